The molecule has 0 bridgehead atoms. The van der Waals surface area contributed by atoms with Crippen molar-refractivity contribution in [3.8, 4) is 214 Å². The molecule has 0 aliphatic heterocycles. The molecular weight excluding hydrogens is 470 g/mol. The van der Waals surface area contributed by atoms with Gasteiger partial charge >= 0.3 is 0 Å². The topological polar surface area (TPSA) is 0 Å². The van der Waals surface area contributed by atoms with Gasteiger partial charge in [0.2, 0.25) is 0 Å². The summed E-state index contributed by atoms with van der Waals surface area (Å²) in [5.74, 6) is 79.3. The Bertz CT molecular complexity index is 1970. The highest BCUT2D eigenvalue weighted by molar-refractivity contribution is 5.48. The van der Waals surface area contributed by atoms with Gasteiger partial charge < -0.3 is 0 Å². The fraction of sp³-hybridized carbons (Fsp3) is 0.0526. The van der Waals surface area contributed by atoms with Gasteiger partial charge in [-0.2, -0.15) is 4.48 Å². The summed E-state index contributed by atoms with van der Waals surface area (Å²) >= 11 is 0. The number of nitrogens with zero attached hydrogens (tertiary/aromatic N) is 1. The Hall–Kier alpha value is -7.96. The molecule has 0 aromatic carbocycles. The van der Waals surface area contributed by atoms with Crippen LogP contribution in [0.2, 0.25) is 0 Å². The molecule has 0 N–H and O–H groups in total. The quantitative estimate of drug-likeness (QED) is 0.347. The monoisotopic (exact) mass is 478 g/mol. The molecule has 1 nitrogen and oxygen atoms in total. The number of rotatable bonds is 0. The molecule has 0 amide bonds. The minimum Gasteiger partial charge on any atom is -0.174 e. The highest BCUT2D eigenvalue weighted by Gasteiger charge is 2.06. The molecule has 164 valence electrons. The van der Waals surface area contributed by atoms with Crippen molar-refractivity contribution in [3.05, 3.63) is 0 Å². The first-order valence-corrected chi connectivity index (χ1v) is 9.92. The third-order valence-corrected chi connectivity index (χ3v) is 2.57. The van der Waals surface area contributed by atoms with E-state index in [1.54, 1.807) is 14.1 Å². The summed E-state index contributed by atoms with van der Waals surface area (Å²) in [5.41, 5.74) is 0. The standard InChI is InChI=1S/C38H8N/c1-5-7-9-11-13-15-17-19-21-23-25-27-29-31-33-35-37-39(3,4)38-36-34-32-30-28-26-24-22-20-18-16-14-12-10-8-6-2/h1-2H,3-4H3/q+1. The fourth-order valence-corrected chi connectivity index (χ4v) is 1.25. The van der Waals surface area contributed by atoms with Crippen LogP contribution in [0.4, 0.5) is 0 Å². The van der Waals surface area contributed by atoms with Gasteiger partial charge in [0.25, 0.3) is 0 Å². The molecule has 0 saturated carbocycles. The second kappa shape index (κ2) is 24.7. The molecule has 0 aromatic rings. The minimum atomic E-state index is 0.0544. The Morgan fingerprint density at radius 3 is 0.590 bits per heavy atom. The van der Waals surface area contributed by atoms with Gasteiger partial charge in [-0.1, -0.05) is 0 Å². The summed E-state index contributed by atoms with van der Waals surface area (Å²) in [6, 6.07) is 5.71. The van der Waals surface area contributed by atoms with Crippen molar-refractivity contribution < 1.29 is 4.48 Å². The Morgan fingerprint density at radius 2 is 0.410 bits per heavy atom. The third kappa shape index (κ3) is 26.2. The molecule has 0 fully saturated rings. The molecule has 0 aliphatic carbocycles. The van der Waals surface area contributed by atoms with Gasteiger partial charge in [-0.15, -0.1) is 12.8 Å². The van der Waals surface area contributed by atoms with Gasteiger partial charge in [0.05, 0.1) is 25.9 Å². The van der Waals surface area contributed by atoms with Gasteiger partial charge in [-0.3, -0.25) is 0 Å². The Morgan fingerprint density at radius 1 is 0.256 bits per heavy atom. The van der Waals surface area contributed by atoms with Crippen molar-refractivity contribution in [2.45, 2.75) is 0 Å². The summed E-state index contributed by atoms with van der Waals surface area (Å²) < 4.78 is 0.0544. The van der Waals surface area contributed by atoms with E-state index in [9.17, 15) is 0 Å². The number of terminal acetylenes is 2. The van der Waals surface area contributed by atoms with E-state index in [2.05, 4.69) is 202 Å². The fourth-order valence-electron chi connectivity index (χ4n) is 1.25. The van der Waals surface area contributed by atoms with Crippen LogP contribution in [0.15, 0.2) is 0 Å². The number of hydrogen-bond donors (Lipinski definition) is 0. The van der Waals surface area contributed by atoms with Gasteiger partial charge in [0, 0.05) is 82.9 Å². The van der Waals surface area contributed by atoms with E-state index >= 15 is 0 Å². The van der Waals surface area contributed by atoms with Crippen molar-refractivity contribution in [2.24, 2.45) is 0 Å². The van der Waals surface area contributed by atoms with Crippen LogP contribution < -0.4 is 0 Å². The van der Waals surface area contributed by atoms with Crippen LogP contribution in [0.5, 0.6) is 0 Å². The molecule has 0 aliphatic rings. The van der Waals surface area contributed by atoms with Crippen LogP contribution >= 0.6 is 0 Å². The molecule has 0 rings (SSSR count). The van der Waals surface area contributed by atoms with E-state index in [1.807, 2.05) is 0 Å². The lowest BCUT2D eigenvalue weighted by Crippen LogP contribution is -2.27. The molecule has 0 saturated heterocycles. The van der Waals surface area contributed by atoms with E-state index in [1.165, 1.54) is 0 Å². The van der Waals surface area contributed by atoms with Crippen molar-refractivity contribution >= 4 is 0 Å². The summed E-state index contributed by atoms with van der Waals surface area (Å²) in [6.45, 7) is 0. The summed E-state index contributed by atoms with van der Waals surface area (Å²) in [4.78, 5) is 0. The summed E-state index contributed by atoms with van der Waals surface area (Å²) in [7, 11) is 3.54. The molecular formula is C38H8N+. The normalized spacial score (nSPS) is 4.92. The maximum absolute atomic E-state index is 4.94. The first-order valence-electron chi connectivity index (χ1n) is 9.92. The largest absolute Gasteiger partial charge is 0.174 e. The number of quaternary nitrogens is 1. The van der Waals surface area contributed by atoms with Gasteiger partial charge in [-0.25, -0.2) is 0 Å². The first kappa shape index (κ1) is 31.0. The van der Waals surface area contributed by atoms with Crippen LogP contribution in [-0.4, -0.2) is 18.6 Å². The highest BCUT2D eigenvalue weighted by Crippen LogP contribution is 1.88. The molecule has 0 heterocycles. The number of hydrogen-bond acceptors (Lipinski definition) is 0. The van der Waals surface area contributed by atoms with Gasteiger partial charge in [0.15, 0.2) is 12.1 Å². The molecule has 0 atom stereocenters. The van der Waals surface area contributed by atoms with Crippen molar-refractivity contribution in [3.63, 3.8) is 0 Å². The van der Waals surface area contributed by atoms with Crippen LogP contribution in [0, 0.1) is 214 Å². The maximum Gasteiger partial charge on any atom is 0.165 e. The Labute approximate surface area is 232 Å². The van der Waals surface area contributed by atoms with Crippen molar-refractivity contribution in [1.29, 1.82) is 0 Å². The smallest absolute Gasteiger partial charge is 0.165 e. The van der Waals surface area contributed by atoms with Crippen LogP contribution in [0.25, 0.3) is 0 Å². The molecule has 0 unspecified atom stereocenters. The molecule has 1 heteroatoms. The van der Waals surface area contributed by atoms with E-state index in [0.717, 1.165) is 0 Å². The second-order valence-electron chi connectivity index (χ2n) is 5.72. The predicted octanol–water partition coefficient (Wildman–Crippen LogP) is 0.299. The molecule has 0 aromatic heterocycles. The predicted molar refractivity (Wildman–Crippen MR) is 154 cm³/mol. The summed E-state index contributed by atoms with van der Waals surface area (Å²) in [6.07, 6.45) is 9.88. The zero-order valence-corrected chi connectivity index (χ0v) is 20.6. The Kier molecular flexibility index (Phi) is 19.6. The van der Waals surface area contributed by atoms with Crippen LogP contribution in [-0.2, 0) is 0 Å². The Balaban J connectivity index is 4.77. The van der Waals surface area contributed by atoms with Crippen molar-refractivity contribution in [1.82, 2.24) is 0 Å². The zero-order valence-electron chi connectivity index (χ0n) is 20.6. The third-order valence-electron chi connectivity index (χ3n) is 2.57. The highest BCUT2D eigenvalue weighted by atomic mass is 15.3. The van der Waals surface area contributed by atoms with E-state index in [0.29, 0.717) is 0 Å². The van der Waals surface area contributed by atoms with E-state index in [-0.39, 0.29) is 4.48 Å². The van der Waals surface area contributed by atoms with Gasteiger partial charge in [0.1, 0.15) is 0 Å². The molecule has 0 radical (unpaired) electrons. The second-order valence-corrected chi connectivity index (χ2v) is 5.72. The average molecular weight is 478 g/mol. The summed E-state index contributed by atoms with van der Waals surface area (Å²) in [5, 5.41) is 0. The van der Waals surface area contributed by atoms with Crippen molar-refractivity contribution in [2.75, 3.05) is 14.1 Å². The lowest BCUT2D eigenvalue weighted by Gasteiger charge is -2.08. The zero-order chi connectivity index (χ0) is 28.5. The molecule has 39 heavy (non-hydrogen) atoms. The van der Waals surface area contributed by atoms with E-state index < -0.39 is 0 Å². The SMILES string of the molecule is C#CC#CC#CC#CC#CC#CC#CC#CC#C[N+](C)(C)C#CC#CC#CC#CC#CC#CC#CC#CC#C. The van der Waals surface area contributed by atoms with E-state index in [4.69, 9.17) is 12.8 Å². The average Bonchev–Trinajstić information content (AvgIpc) is 2.92. The first-order chi connectivity index (χ1) is 19.1. The maximum atomic E-state index is 4.94. The van der Waals surface area contributed by atoms with Gasteiger partial charge in [-0.05, 0) is 94.7 Å². The van der Waals surface area contributed by atoms with Crippen LogP contribution in [0.1, 0.15) is 0 Å². The lowest BCUT2D eigenvalue weighted by molar-refractivity contribution is -0.748. The molecule has 0 spiro atoms. The minimum absolute atomic E-state index is 0.0544. The lowest BCUT2D eigenvalue weighted by atomic mass is 10.4. The van der Waals surface area contributed by atoms with Crippen LogP contribution in [0.3, 0.4) is 0 Å².